The Labute approximate surface area is 47.5 Å². The van der Waals surface area contributed by atoms with Crippen LogP contribution in [0.2, 0.25) is 0 Å². The molecule has 0 fully saturated rings. The second-order valence-corrected chi connectivity index (χ2v) is 1.62. The summed E-state index contributed by atoms with van der Waals surface area (Å²) in [6, 6.07) is 0. The molecule has 0 spiro atoms. The number of rotatable bonds is 2. The van der Waals surface area contributed by atoms with E-state index >= 15 is 0 Å². The third-order valence-electron chi connectivity index (χ3n) is 0.336. The summed E-state index contributed by atoms with van der Waals surface area (Å²) in [7, 11) is 0. The molecule has 3 heteroatoms. The minimum absolute atomic E-state index is 1.46. The summed E-state index contributed by atoms with van der Waals surface area (Å²) in [5, 5.41) is 5.16. The summed E-state index contributed by atoms with van der Waals surface area (Å²) in [5.41, 5.74) is 1.57. The molecule has 2 nitrogen and oxygen atoms in total. The van der Waals surface area contributed by atoms with Crippen LogP contribution in [-0.2, 0) is 0 Å². The van der Waals surface area contributed by atoms with E-state index in [0.29, 0.717) is 0 Å². The lowest BCUT2D eigenvalue weighted by molar-refractivity contribution is 1.27. The zero-order valence-corrected chi connectivity index (χ0v) is 4.98. The molecule has 0 bridgehead atoms. The van der Waals surface area contributed by atoms with E-state index in [2.05, 4.69) is 5.10 Å². The number of nitrogens with two attached hydrogens (primary N) is 1. The van der Waals surface area contributed by atoms with Crippen molar-refractivity contribution in [3.63, 3.8) is 0 Å². The van der Waals surface area contributed by atoms with Crippen LogP contribution in [0.15, 0.2) is 16.6 Å². The lowest BCUT2D eigenvalue weighted by Crippen LogP contribution is -1.75. The van der Waals surface area contributed by atoms with Gasteiger partial charge in [0.1, 0.15) is 0 Å². The largest absolute Gasteiger partial charge is 0.323 e. The Bertz CT molecular complexity index is 67.8. The highest BCUT2D eigenvalue weighted by atomic mass is 32.2. The molecule has 0 saturated carbocycles. The summed E-state index contributed by atoms with van der Waals surface area (Å²) in [5.74, 6) is 4.78. The van der Waals surface area contributed by atoms with Gasteiger partial charge in [-0.15, -0.1) is 0 Å². The van der Waals surface area contributed by atoms with Gasteiger partial charge in [0.25, 0.3) is 0 Å². The Morgan fingerprint density at radius 1 is 1.71 bits per heavy atom. The fourth-order valence-electron chi connectivity index (χ4n) is 0.149. The topological polar surface area (TPSA) is 38.4 Å². The average molecular weight is 116 g/mol. The van der Waals surface area contributed by atoms with Gasteiger partial charge >= 0.3 is 0 Å². The first kappa shape index (κ1) is 6.56. The minimum atomic E-state index is 1.46. The van der Waals surface area contributed by atoms with Crippen LogP contribution in [0, 0.1) is 0 Å². The van der Waals surface area contributed by atoms with Gasteiger partial charge in [0.15, 0.2) is 0 Å². The van der Waals surface area contributed by atoms with Crippen molar-refractivity contribution in [1.29, 1.82) is 0 Å². The molecule has 0 radical (unpaired) electrons. The van der Waals surface area contributed by atoms with E-state index in [9.17, 15) is 0 Å². The van der Waals surface area contributed by atoms with Crippen molar-refractivity contribution >= 4 is 17.3 Å². The van der Waals surface area contributed by atoms with Gasteiger partial charge < -0.3 is 5.84 Å². The predicted octanol–water partition coefficient (Wildman–Crippen LogP) is 1.16. The third-order valence-corrected chi connectivity index (χ3v) is 1.01. The number of nitrogens with zero attached hydrogens (tertiary/aromatic N) is 1. The molecule has 0 aliphatic carbocycles. The van der Waals surface area contributed by atoms with E-state index in [1.165, 1.54) is 11.8 Å². The Balaban J connectivity index is 2.98. The number of thioether (sulfide) groups is 1. The first-order valence-corrected chi connectivity index (χ1v) is 2.84. The van der Waals surface area contributed by atoms with E-state index in [1.54, 1.807) is 5.55 Å². The molecular formula is C4H8N2S. The molecule has 0 saturated heterocycles. The van der Waals surface area contributed by atoms with E-state index in [1.807, 2.05) is 18.4 Å². The van der Waals surface area contributed by atoms with Crippen LogP contribution in [-0.4, -0.2) is 5.55 Å². The predicted molar refractivity (Wildman–Crippen MR) is 35.1 cm³/mol. The molecule has 0 rings (SSSR count). The SMILES string of the molecule is C/C=C/S/C=N\N. The van der Waals surface area contributed by atoms with Crippen LogP contribution in [0.5, 0.6) is 0 Å². The standard InChI is InChI=1S/C4H8N2S/c1-2-3-7-4-6-5/h2-4H,5H2,1H3/b3-2+,6-4-. The van der Waals surface area contributed by atoms with Gasteiger partial charge in [-0.3, -0.25) is 0 Å². The fourth-order valence-corrected chi connectivity index (χ4v) is 0.447. The summed E-state index contributed by atoms with van der Waals surface area (Å²) in [4.78, 5) is 0. The normalized spacial score (nSPS) is 11.6. The van der Waals surface area contributed by atoms with Crippen molar-refractivity contribution in [3.05, 3.63) is 11.5 Å². The molecule has 0 aromatic rings. The lowest BCUT2D eigenvalue weighted by Gasteiger charge is -1.73. The van der Waals surface area contributed by atoms with E-state index < -0.39 is 0 Å². The lowest BCUT2D eigenvalue weighted by atomic mass is 10.8. The smallest absolute Gasteiger partial charge is 0.0836 e. The molecule has 40 valence electrons. The minimum Gasteiger partial charge on any atom is -0.323 e. The number of hydrogen-bond acceptors (Lipinski definition) is 3. The summed E-state index contributed by atoms with van der Waals surface area (Å²) < 4.78 is 0. The number of hydrogen-bond donors (Lipinski definition) is 1. The first-order valence-electron chi connectivity index (χ1n) is 1.90. The van der Waals surface area contributed by atoms with Crippen molar-refractivity contribution < 1.29 is 0 Å². The highest BCUT2D eigenvalue weighted by molar-refractivity contribution is 8.14. The van der Waals surface area contributed by atoms with Crippen LogP contribution in [0.4, 0.5) is 0 Å². The molecule has 0 aliphatic rings. The van der Waals surface area contributed by atoms with E-state index in [0.717, 1.165) is 0 Å². The molecule has 0 heterocycles. The maximum atomic E-state index is 4.78. The van der Waals surface area contributed by atoms with Gasteiger partial charge in [0.05, 0.1) is 5.55 Å². The van der Waals surface area contributed by atoms with Gasteiger partial charge in [-0.05, 0) is 12.3 Å². The molecular weight excluding hydrogens is 108 g/mol. The highest BCUT2D eigenvalue weighted by Crippen LogP contribution is 1.93. The van der Waals surface area contributed by atoms with Crippen LogP contribution >= 0.6 is 11.8 Å². The Morgan fingerprint density at radius 2 is 2.43 bits per heavy atom. The quantitative estimate of drug-likeness (QED) is 0.254. The molecule has 0 amide bonds. The maximum Gasteiger partial charge on any atom is 0.0836 e. The van der Waals surface area contributed by atoms with Crippen LogP contribution in [0.3, 0.4) is 0 Å². The summed E-state index contributed by atoms with van der Waals surface area (Å²) >= 11 is 1.46. The van der Waals surface area contributed by atoms with Crippen molar-refractivity contribution in [3.8, 4) is 0 Å². The second-order valence-electron chi connectivity index (χ2n) is 0.860. The summed E-state index contributed by atoms with van der Waals surface area (Å²) in [6.07, 6.45) is 1.92. The molecule has 7 heavy (non-hydrogen) atoms. The van der Waals surface area contributed by atoms with Crippen molar-refractivity contribution in [2.45, 2.75) is 6.92 Å². The van der Waals surface area contributed by atoms with Gasteiger partial charge in [-0.1, -0.05) is 17.8 Å². The van der Waals surface area contributed by atoms with E-state index in [-0.39, 0.29) is 0 Å². The van der Waals surface area contributed by atoms with Gasteiger partial charge in [0.2, 0.25) is 0 Å². The van der Waals surface area contributed by atoms with Gasteiger partial charge in [-0.25, -0.2) is 0 Å². The van der Waals surface area contributed by atoms with Gasteiger partial charge in [0, 0.05) is 0 Å². The van der Waals surface area contributed by atoms with Crippen LogP contribution < -0.4 is 5.84 Å². The molecule has 0 aliphatic heterocycles. The van der Waals surface area contributed by atoms with Crippen LogP contribution in [0.1, 0.15) is 6.92 Å². The molecule has 0 aromatic heterocycles. The highest BCUT2D eigenvalue weighted by Gasteiger charge is 1.62. The first-order chi connectivity index (χ1) is 3.41. The Hall–Kier alpha value is -0.440. The van der Waals surface area contributed by atoms with Crippen molar-refractivity contribution in [2.75, 3.05) is 0 Å². The monoisotopic (exact) mass is 116 g/mol. The van der Waals surface area contributed by atoms with Gasteiger partial charge in [-0.2, -0.15) is 5.10 Å². The van der Waals surface area contributed by atoms with Crippen molar-refractivity contribution in [2.24, 2.45) is 10.9 Å². The molecule has 2 N–H and O–H groups in total. The van der Waals surface area contributed by atoms with Crippen LogP contribution in [0.25, 0.3) is 0 Å². The second kappa shape index (κ2) is 5.56. The Kier molecular flexibility index (Phi) is 5.21. The molecule has 0 aromatic carbocycles. The number of allylic oxidation sites excluding steroid dienone is 1. The zero-order chi connectivity index (χ0) is 5.54. The summed E-state index contributed by atoms with van der Waals surface area (Å²) in [6.45, 7) is 1.94. The fraction of sp³-hybridized carbons (Fsp3) is 0.250. The maximum absolute atomic E-state index is 4.78. The van der Waals surface area contributed by atoms with Crippen molar-refractivity contribution in [1.82, 2.24) is 0 Å². The Morgan fingerprint density at radius 3 is 2.86 bits per heavy atom. The molecule has 0 unspecified atom stereocenters. The van der Waals surface area contributed by atoms with E-state index in [4.69, 9.17) is 5.84 Å². The molecule has 0 atom stereocenters. The number of hydrazone groups is 1. The zero-order valence-electron chi connectivity index (χ0n) is 4.16. The average Bonchev–Trinajstić information content (AvgIpc) is 1.69. The third kappa shape index (κ3) is 5.56.